The first-order valence-corrected chi connectivity index (χ1v) is 9.66. The van der Waals surface area contributed by atoms with Crippen molar-refractivity contribution in [3.8, 4) is 5.88 Å². The Kier molecular flexibility index (Phi) is 4.81. The van der Waals surface area contributed by atoms with Gasteiger partial charge in [-0.3, -0.25) is 4.79 Å². The highest BCUT2D eigenvalue weighted by molar-refractivity contribution is 7.89. The van der Waals surface area contributed by atoms with Crippen molar-refractivity contribution in [2.45, 2.75) is 24.8 Å². The predicted octanol–water partition coefficient (Wildman–Crippen LogP) is 3.50. The largest absolute Gasteiger partial charge is 0.493 e. The number of nitrogens with two attached hydrogens (primary N) is 1. The number of carbonyl (C=O) groups is 1. The van der Waals surface area contributed by atoms with Crippen LogP contribution in [0.4, 0.5) is 5.69 Å². The summed E-state index contributed by atoms with van der Waals surface area (Å²) in [5.74, 6) is -0.997. The van der Waals surface area contributed by atoms with Gasteiger partial charge in [-0.25, -0.2) is 13.6 Å². The van der Waals surface area contributed by atoms with Crippen molar-refractivity contribution < 1.29 is 18.3 Å². The van der Waals surface area contributed by atoms with Crippen LogP contribution in [-0.4, -0.2) is 24.0 Å². The average Bonchev–Trinajstić information content (AvgIpc) is 2.90. The molecule has 0 saturated carbocycles. The third-order valence-corrected chi connectivity index (χ3v) is 5.01. The number of fused-ring (bicyclic) bond motifs is 1. The summed E-state index contributed by atoms with van der Waals surface area (Å²) in [6.45, 7) is 3.81. The van der Waals surface area contributed by atoms with Crippen LogP contribution in [0.3, 0.4) is 0 Å². The van der Waals surface area contributed by atoms with Gasteiger partial charge in [0.05, 0.1) is 16.0 Å². The molecule has 0 spiro atoms. The molecule has 2 aromatic carbocycles. The molecule has 1 heterocycles. The first-order chi connectivity index (χ1) is 12.7. The maximum Gasteiger partial charge on any atom is 0.296 e. The van der Waals surface area contributed by atoms with Crippen LogP contribution in [0.2, 0.25) is 0 Å². The number of amides is 1. The van der Waals surface area contributed by atoms with E-state index < -0.39 is 15.9 Å². The second-order valence-electron chi connectivity index (χ2n) is 6.20. The van der Waals surface area contributed by atoms with Gasteiger partial charge in [-0.2, -0.15) is 0 Å². The van der Waals surface area contributed by atoms with Crippen molar-refractivity contribution in [2.75, 3.05) is 0 Å². The van der Waals surface area contributed by atoms with E-state index in [-0.39, 0.29) is 28.1 Å². The number of benzene rings is 2. The Bertz CT molecular complexity index is 1160. The van der Waals surface area contributed by atoms with Crippen LogP contribution in [0, 0.1) is 0 Å². The van der Waals surface area contributed by atoms with Gasteiger partial charge in [-0.1, -0.05) is 30.3 Å². The summed E-state index contributed by atoms with van der Waals surface area (Å²) in [7, 11) is -4.09. The number of hydrogen-bond donors (Lipinski definition) is 2. The van der Waals surface area contributed by atoms with E-state index in [9.17, 15) is 18.3 Å². The van der Waals surface area contributed by atoms with Gasteiger partial charge in [-0.05, 0) is 32.0 Å². The molecule has 0 aliphatic rings. The molecule has 3 rings (SSSR count). The van der Waals surface area contributed by atoms with E-state index in [2.05, 4.69) is 10.2 Å². The SMILES string of the molecule is CC(C)n1c(O)c(N=NC(=O)c2ccccc2S(N)(=O)=O)c2ccccc21. The Labute approximate surface area is 156 Å². The fraction of sp³-hybridized carbons (Fsp3) is 0.167. The van der Waals surface area contributed by atoms with Gasteiger partial charge in [0.1, 0.15) is 0 Å². The van der Waals surface area contributed by atoms with E-state index in [1.807, 2.05) is 26.0 Å². The first kappa shape index (κ1) is 18.7. The molecule has 3 N–H and O–H groups in total. The molecular weight excluding hydrogens is 368 g/mol. The molecule has 0 saturated heterocycles. The molecule has 3 aromatic rings. The van der Waals surface area contributed by atoms with Crippen molar-refractivity contribution >= 4 is 32.5 Å². The highest BCUT2D eigenvalue weighted by Crippen LogP contribution is 2.40. The lowest BCUT2D eigenvalue weighted by Gasteiger charge is -2.10. The van der Waals surface area contributed by atoms with E-state index in [0.29, 0.717) is 5.39 Å². The molecule has 27 heavy (non-hydrogen) atoms. The number of carbonyl (C=O) groups excluding carboxylic acids is 1. The maximum atomic E-state index is 12.4. The monoisotopic (exact) mass is 386 g/mol. The molecule has 1 amide bonds. The number of aromatic hydroxyl groups is 1. The Hall–Kier alpha value is -3.04. The summed E-state index contributed by atoms with van der Waals surface area (Å²) in [5, 5.41) is 23.8. The third kappa shape index (κ3) is 3.46. The second kappa shape index (κ2) is 6.93. The van der Waals surface area contributed by atoms with E-state index in [1.165, 1.54) is 24.3 Å². The molecular formula is C18H18N4O4S. The topological polar surface area (TPSA) is 127 Å². The zero-order valence-electron chi connectivity index (χ0n) is 14.7. The van der Waals surface area contributed by atoms with E-state index in [4.69, 9.17) is 5.14 Å². The molecule has 1 aromatic heterocycles. The lowest BCUT2D eigenvalue weighted by molar-refractivity contribution is 0.0992. The lowest BCUT2D eigenvalue weighted by Crippen LogP contribution is -2.16. The molecule has 0 aliphatic carbocycles. The number of aromatic nitrogens is 1. The Morgan fingerprint density at radius 3 is 2.41 bits per heavy atom. The maximum absolute atomic E-state index is 12.4. The van der Waals surface area contributed by atoms with Crippen LogP contribution >= 0.6 is 0 Å². The minimum absolute atomic E-state index is 0.0438. The fourth-order valence-electron chi connectivity index (χ4n) is 2.89. The molecule has 140 valence electrons. The molecule has 0 radical (unpaired) electrons. The Balaban J connectivity index is 2.08. The molecule has 0 aliphatic heterocycles. The van der Waals surface area contributed by atoms with Crippen LogP contribution in [-0.2, 0) is 10.0 Å². The van der Waals surface area contributed by atoms with Gasteiger partial charge in [0.25, 0.3) is 5.91 Å². The Morgan fingerprint density at radius 2 is 1.74 bits per heavy atom. The normalized spacial score (nSPS) is 12.3. The minimum Gasteiger partial charge on any atom is -0.493 e. The van der Waals surface area contributed by atoms with Gasteiger partial charge >= 0.3 is 0 Å². The minimum atomic E-state index is -4.09. The van der Waals surface area contributed by atoms with Crippen LogP contribution in [0.15, 0.2) is 63.7 Å². The number of para-hydroxylation sites is 1. The summed E-state index contributed by atoms with van der Waals surface area (Å²) in [6, 6.07) is 12.6. The molecule has 0 fully saturated rings. The standard InChI is InChI=1S/C18H18N4O4S/c1-11(2)22-14-9-5-3-7-12(14)16(18(22)24)20-21-17(23)13-8-4-6-10-15(13)27(19,25)26/h3-11,24H,1-2H3,(H2,19,25,26). The predicted molar refractivity (Wildman–Crippen MR) is 101 cm³/mol. The number of nitrogens with zero attached hydrogens (tertiary/aromatic N) is 3. The van der Waals surface area contributed by atoms with E-state index >= 15 is 0 Å². The number of primary sulfonamides is 1. The van der Waals surface area contributed by atoms with Crippen molar-refractivity contribution in [3.63, 3.8) is 0 Å². The fourth-order valence-corrected chi connectivity index (χ4v) is 3.62. The van der Waals surface area contributed by atoms with Gasteiger partial charge in [0.15, 0.2) is 5.69 Å². The molecule has 9 heteroatoms. The van der Waals surface area contributed by atoms with Crippen LogP contribution in [0.25, 0.3) is 10.9 Å². The average molecular weight is 386 g/mol. The van der Waals surface area contributed by atoms with Gasteiger partial charge < -0.3 is 9.67 Å². The summed E-state index contributed by atoms with van der Waals surface area (Å²) in [5.41, 5.74) is 0.702. The molecule has 0 atom stereocenters. The summed E-state index contributed by atoms with van der Waals surface area (Å²) < 4.78 is 25.0. The molecule has 0 unspecified atom stereocenters. The zero-order valence-corrected chi connectivity index (χ0v) is 15.5. The molecule has 0 bridgehead atoms. The molecule has 8 nitrogen and oxygen atoms in total. The number of rotatable bonds is 4. The van der Waals surface area contributed by atoms with Gasteiger partial charge in [-0.15, -0.1) is 10.2 Å². The summed E-state index contributed by atoms with van der Waals surface area (Å²) >= 11 is 0. The zero-order chi connectivity index (χ0) is 19.8. The highest BCUT2D eigenvalue weighted by Gasteiger charge is 2.21. The van der Waals surface area contributed by atoms with Gasteiger partial charge in [0.2, 0.25) is 15.9 Å². The lowest BCUT2D eigenvalue weighted by atomic mass is 10.2. The summed E-state index contributed by atoms with van der Waals surface area (Å²) in [6.07, 6.45) is 0. The first-order valence-electron chi connectivity index (χ1n) is 8.11. The Morgan fingerprint density at radius 1 is 1.11 bits per heavy atom. The second-order valence-corrected chi connectivity index (χ2v) is 7.73. The third-order valence-electron chi connectivity index (χ3n) is 4.04. The number of sulfonamides is 1. The van der Waals surface area contributed by atoms with Crippen LogP contribution in [0.1, 0.15) is 30.2 Å². The smallest absolute Gasteiger partial charge is 0.296 e. The van der Waals surface area contributed by atoms with E-state index in [1.54, 1.807) is 16.7 Å². The number of hydrogen-bond acceptors (Lipinski definition) is 5. The van der Waals surface area contributed by atoms with Crippen molar-refractivity contribution in [1.29, 1.82) is 0 Å². The van der Waals surface area contributed by atoms with Crippen molar-refractivity contribution in [1.82, 2.24) is 4.57 Å². The van der Waals surface area contributed by atoms with Gasteiger partial charge in [0, 0.05) is 11.4 Å². The summed E-state index contributed by atoms with van der Waals surface area (Å²) in [4.78, 5) is 12.1. The van der Waals surface area contributed by atoms with Crippen LogP contribution in [0.5, 0.6) is 5.88 Å². The van der Waals surface area contributed by atoms with Crippen molar-refractivity contribution in [2.24, 2.45) is 15.4 Å². The quantitative estimate of drug-likeness (QED) is 0.665. The number of azo groups is 1. The van der Waals surface area contributed by atoms with Crippen LogP contribution < -0.4 is 5.14 Å². The van der Waals surface area contributed by atoms with E-state index in [0.717, 1.165) is 5.52 Å². The highest BCUT2D eigenvalue weighted by atomic mass is 32.2. The van der Waals surface area contributed by atoms with Crippen molar-refractivity contribution in [3.05, 3.63) is 54.1 Å².